The molecule has 1 aromatic heterocycles. The van der Waals surface area contributed by atoms with Gasteiger partial charge >= 0.3 is 0 Å². The molecule has 0 radical (unpaired) electrons. The standard InChI is InChI=1S/C11H13N3O.ClH/c1-8-4-2-3-5-9(8)6-10-13-11(7-12)15-14-10;/h2-5H,6-7,12H2,1H3;1H. The molecule has 1 aromatic carbocycles. The van der Waals surface area contributed by atoms with E-state index < -0.39 is 0 Å². The lowest BCUT2D eigenvalue weighted by atomic mass is 10.1. The Morgan fingerprint density at radius 2 is 2.06 bits per heavy atom. The molecule has 0 unspecified atom stereocenters. The summed E-state index contributed by atoms with van der Waals surface area (Å²) < 4.78 is 4.94. The first-order valence-corrected chi connectivity index (χ1v) is 4.85. The first-order chi connectivity index (χ1) is 7.29. The van der Waals surface area contributed by atoms with Gasteiger partial charge in [0.2, 0.25) is 5.89 Å². The molecule has 0 amide bonds. The van der Waals surface area contributed by atoms with E-state index in [0.717, 1.165) is 0 Å². The van der Waals surface area contributed by atoms with Crippen LogP contribution in [-0.2, 0) is 13.0 Å². The van der Waals surface area contributed by atoms with Crippen LogP contribution in [0.15, 0.2) is 28.8 Å². The van der Waals surface area contributed by atoms with Crippen LogP contribution in [-0.4, -0.2) is 10.1 Å². The minimum atomic E-state index is 0. The van der Waals surface area contributed by atoms with Crippen LogP contribution in [0.2, 0.25) is 0 Å². The minimum Gasteiger partial charge on any atom is -0.338 e. The number of nitrogens with two attached hydrogens (primary N) is 1. The Hall–Kier alpha value is -1.39. The first-order valence-electron chi connectivity index (χ1n) is 4.85. The van der Waals surface area contributed by atoms with Crippen molar-refractivity contribution in [3.63, 3.8) is 0 Å². The highest BCUT2D eigenvalue weighted by Gasteiger charge is 2.06. The Labute approximate surface area is 100 Å². The third-order valence-corrected chi connectivity index (χ3v) is 2.29. The fourth-order valence-corrected chi connectivity index (χ4v) is 1.42. The topological polar surface area (TPSA) is 64.9 Å². The maximum absolute atomic E-state index is 5.39. The molecule has 0 saturated carbocycles. The van der Waals surface area contributed by atoms with E-state index in [-0.39, 0.29) is 12.4 Å². The molecule has 2 rings (SSSR count). The predicted molar refractivity (Wildman–Crippen MR) is 63.4 cm³/mol. The van der Waals surface area contributed by atoms with Gasteiger partial charge in [0.15, 0.2) is 5.82 Å². The van der Waals surface area contributed by atoms with Crippen molar-refractivity contribution >= 4 is 12.4 Å². The third kappa shape index (κ3) is 2.81. The van der Waals surface area contributed by atoms with Crippen LogP contribution in [0.4, 0.5) is 0 Å². The lowest BCUT2D eigenvalue weighted by Crippen LogP contribution is -1.97. The van der Waals surface area contributed by atoms with E-state index in [0.29, 0.717) is 24.7 Å². The Balaban J connectivity index is 0.00000128. The van der Waals surface area contributed by atoms with Gasteiger partial charge in [-0.3, -0.25) is 0 Å². The number of nitrogens with zero attached hydrogens (tertiary/aromatic N) is 2. The second-order valence-electron chi connectivity index (χ2n) is 3.41. The molecule has 2 aromatic rings. The van der Waals surface area contributed by atoms with Gasteiger partial charge in [-0.25, -0.2) is 0 Å². The monoisotopic (exact) mass is 239 g/mol. The zero-order valence-electron chi connectivity index (χ0n) is 9.01. The molecule has 0 atom stereocenters. The smallest absolute Gasteiger partial charge is 0.240 e. The summed E-state index contributed by atoms with van der Waals surface area (Å²) in [5, 5.41) is 3.86. The van der Waals surface area contributed by atoms with E-state index in [2.05, 4.69) is 29.2 Å². The fourth-order valence-electron chi connectivity index (χ4n) is 1.42. The van der Waals surface area contributed by atoms with E-state index in [4.69, 9.17) is 10.3 Å². The molecule has 4 nitrogen and oxygen atoms in total. The van der Waals surface area contributed by atoms with Gasteiger partial charge in [-0.05, 0) is 18.1 Å². The number of hydrogen-bond acceptors (Lipinski definition) is 4. The highest BCUT2D eigenvalue weighted by Crippen LogP contribution is 2.11. The van der Waals surface area contributed by atoms with Crippen molar-refractivity contribution in [1.29, 1.82) is 0 Å². The van der Waals surface area contributed by atoms with Crippen LogP contribution in [0.25, 0.3) is 0 Å². The Morgan fingerprint density at radius 1 is 1.31 bits per heavy atom. The molecule has 0 spiro atoms. The van der Waals surface area contributed by atoms with Crippen molar-refractivity contribution in [3.05, 3.63) is 47.1 Å². The molecular formula is C11H14ClN3O. The molecule has 0 aliphatic carbocycles. The number of rotatable bonds is 3. The van der Waals surface area contributed by atoms with Crippen LogP contribution in [0.5, 0.6) is 0 Å². The summed E-state index contributed by atoms with van der Waals surface area (Å²) in [6.45, 7) is 2.36. The van der Waals surface area contributed by atoms with E-state index in [1.165, 1.54) is 11.1 Å². The molecule has 0 fully saturated rings. The Morgan fingerprint density at radius 3 is 2.69 bits per heavy atom. The van der Waals surface area contributed by atoms with Crippen molar-refractivity contribution in [1.82, 2.24) is 10.1 Å². The maximum atomic E-state index is 5.39. The van der Waals surface area contributed by atoms with Crippen LogP contribution in [0.3, 0.4) is 0 Å². The van der Waals surface area contributed by atoms with Crippen LogP contribution in [0.1, 0.15) is 22.8 Å². The summed E-state index contributed by atoms with van der Waals surface area (Å²) in [5.41, 5.74) is 7.83. The molecule has 16 heavy (non-hydrogen) atoms. The molecule has 5 heteroatoms. The van der Waals surface area contributed by atoms with E-state index in [1.807, 2.05) is 12.1 Å². The van der Waals surface area contributed by atoms with Crippen molar-refractivity contribution in [2.75, 3.05) is 0 Å². The zero-order valence-corrected chi connectivity index (χ0v) is 9.83. The number of benzene rings is 1. The third-order valence-electron chi connectivity index (χ3n) is 2.29. The predicted octanol–water partition coefficient (Wildman–Crippen LogP) is 1.85. The number of hydrogen-bond donors (Lipinski definition) is 1. The quantitative estimate of drug-likeness (QED) is 0.888. The molecule has 2 N–H and O–H groups in total. The van der Waals surface area contributed by atoms with Gasteiger partial charge in [-0.1, -0.05) is 29.4 Å². The lowest BCUT2D eigenvalue weighted by Gasteiger charge is -2.00. The largest absolute Gasteiger partial charge is 0.338 e. The number of aryl methyl sites for hydroxylation is 1. The average Bonchev–Trinajstić information content (AvgIpc) is 2.69. The van der Waals surface area contributed by atoms with E-state index >= 15 is 0 Å². The molecule has 0 aliphatic heterocycles. The van der Waals surface area contributed by atoms with Gasteiger partial charge in [0.25, 0.3) is 0 Å². The molecule has 0 saturated heterocycles. The number of halogens is 1. The van der Waals surface area contributed by atoms with Crippen LogP contribution in [0, 0.1) is 6.92 Å². The van der Waals surface area contributed by atoms with Crippen LogP contribution >= 0.6 is 12.4 Å². The second kappa shape index (κ2) is 5.63. The fraction of sp³-hybridized carbons (Fsp3) is 0.273. The summed E-state index contributed by atoms with van der Waals surface area (Å²) in [4.78, 5) is 4.16. The average molecular weight is 240 g/mol. The Kier molecular flexibility index (Phi) is 4.46. The summed E-state index contributed by atoms with van der Waals surface area (Å²) in [6, 6.07) is 8.15. The van der Waals surface area contributed by atoms with Crippen molar-refractivity contribution in [2.24, 2.45) is 5.73 Å². The summed E-state index contributed by atoms with van der Waals surface area (Å²) in [6.07, 6.45) is 0.691. The zero-order chi connectivity index (χ0) is 10.7. The molecule has 0 bridgehead atoms. The highest BCUT2D eigenvalue weighted by molar-refractivity contribution is 5.85. The van der Waals surface area contributed by atoms with Gasteiger partial charge in [0.1, 0.15) is 0 Å². The van der Waals surface area contributed by atoms with Crippen LogP contribution < -0.4 is 5.73 Å². The van der Waals surface area contributed by atoms with Crippen molar-refractivity contribution < 1.29 is 4.52 Å². The molecular weight excluding hydrogens is 226 g/mol. The van der Waals surface area contributed by atoms with Gasteiger partial charge in [0.05, 0.1) is 6.54 Å². The normalized spacial score (nSPS) is 9.88. The molecule has 1 heterocycles. The highest BCUT2D eigenvalue weighted by atomic mass is 35.5. The summed E-state index contributed by atoms with van der Waals surface area (Å²) in [5.74, 6) is 1.17. The van der Waals surface area contributed by atoms with Gasteiger partial charge < -0.3 is 10.3 Å². The van der Waals surface area contributed by atoms with E-state index in [9.17, 15) is 0 Å². The van der Waals surface area contributed by atoms with Crippen molar-refractivity contribution in [2.45, 2.75) is 19.9 Å². The SMILES string of the molecule is Cc1ccccc1Cc1noc(CN)n1.Cl. The summed E-state index contributed by atoms with van der Waals surface area (Å²) in [7, 11) is 0. The molecule has 0 aliphatic rings. The van der Waals surface area contributed by atoms with Crippen molar-refractivity contribution in [3.8, 4) is 0 Å². The first kappa shape index (κ1) is 12.7. The Bertz CT molecular complexity index is 456. The maximum Gasteiger partial charge on any atom is 0.240 e. The minimum absolute atomic E-state index is 0. The van der Waals surface area contributed by atoms with E-state index in [1.54, 1.807) is 0 Å². The summed E-state index contributed by atoms with van der Waals surface area (Å²) >= 11 is 0. The van der Waals surface area contributed by atoms with Gasteiger partial charge in [-0.15, -0.1) is 12.4 Å². The van der Waals surface area contributed by atoms with Gasteiger partial charge in [-0.2, -0.15) is 4.98 Å². The second-order valence-corrected chi connectivity index (χ2v) is 3.41. The number of aromatic nitrogens is 2. The van der Waals surface area contributed by atoms with Gasteiger partial charge in [0, 0.05) is 6.42 Å². The molecule has 86 valence electrons. The lowest BCUT2D eigenvalue weighted by molar-refractivity contribution is 0.375.